The molecule has 0 atom stereocenters. The number of hydrogen-bond donors (Lipinski definition) is 1. The first-order valence-corrected chi connectivity index (χ1v) is 3.51. The van der Waals surface area contributed by atoms with Crippen LogP contribution >= 0.6 is 0 Å². The molecule has 1 N–H and O–H groups in total. The van der Waals surface area contributed by atoms with Crippen LogP contribution in [0.25, 0.3) is 0 Å². The molecule has 0 bridgehead atoms. The number of pyridine rings is 1. The van der Waals surface area contributed by atoms with E-state index in [1.54, 1.807) is 0 Å². The van der Waals surface area contributed by atoms with Gasteiger partial charge >= 0.3 is 0 Å². The summed E-state index contributed by atoms with van der Waals surface area (Å²) in [7, 11) is 0. The average molecular weight is 134 g/mol. The van der Waals surface area contributed by atoms with Gasteiger partial charge in [0, 0.05) is 19.3 Å². The van der Waals surface area contributed by atoms with Gasteiger partial charge in [-0.3, -0.25) is 4.98 Å². The van der Waals surface area contributed by atoms with Crippen LogP contribution < -0.4 is 5.32 Å². The van der Waals surface area contributed by atoms with Crippen molar-refractivity contribution in [1.29, 1.82) is 0 Å². The molecule has 10 heavy (non-hydrogen) atoms. The second kappa shape index (κ2) is 2.06. The zero-order valence-electron chi connectivity index (χ0n) is 6.02. The Balaban J connectivity index is 2.52. The minimum atomic E-state index is 0.940. The van der Waals surface area contributed by atoms with Gasteiger partial charge in [-0.05, 0) is 18.1 Å². The van der Waals surface area contributed by atoms with Gasteiger partial charge in [-0.25, -0.2) is 0 Å². The smallest absolute Gasteiger partial charge is 0.0586 e. The second-order valence-corrected chi connectivity index (χ2v) is 2.72. The lowest BCUT2D eigenvalue weighted by Crippen LogP contribution is -2.00. The number of nitrogens with zero attached hydrogens (tertiary/aromatic N) is 1. The molecular formula is C8H10N2. The van der Waals surface area contributed by atoms with Crippen LogP contribution in [0, 0.1) is 6.92 Å². The predicted molar refractivity (Wildman–Crippen MR) is 39.5 cm³/mol. The lowest BCUT2D eigenvalue weighted by Gasteiger charge is -1.96. The Hall–Kier alpha value is -0.890. The van der Waals surface area contributed by atoms with Gasteiger partial charge in [0.2, 0.25) is 0 Å². The van der Waals surface area contributed by atoms with Crippen LogP contribution in [-0.2, 0) is 13.1 Å². The van der Waals surface area contributed by atoms with Gasteiger partial charge in [0.05, 0.1) is 5.69 Å². The fourth-order valence-corrected chi connectivity index (χ4v) is 1.29. The van der Waals surface area contributed by atoms with E-state index in [0.717, 1.165) is 13.1 Å². The molecule has 2 nitrogen and oxygen atoms in total. The molecule has 0 radical (unpaired) electrons. The standard InChI is InChI=1S/C8H10N2/c1-6-2-7-4-9-5-8(7)10-3-6/h2-3,9H,4-5H2,1H3. The Kier molecular flexibility index (Phi) is 1.21. The maximum absolute atomic E-state index is 4.30. The number of nitrogens with one attached hydrogen (secondary N) is 1. The first-order chi connectivity index (χ1) is 4.86. The van der Waals surface area contributed by atoms with E-state index in [1.807, 2.05) is 6.20 Å². The van der Waals surface area contributed by atoms with Gasteiger partial charge in [-0.2, -0.15) is 0 Å². The molecule has 52 valence electrons. The Morgan fingerprint density at radius 3 is 3.30 bits per heavy atom. The molecule has 2 rings (SSSR count). The summed E-state index contributed by atoms with van der Waals surface area (Å²) in [5.74, 6) is 0. The molecule has 0 amide bonds. The average Bonchev–Trinajstić information content (AvgIpc) is 2.33. The Morgan fingerprint density at radius 1 is 1.50 bits per heavy atom. The maximum Gasteiger partial charge on any atom is 0.0586 e. The summed E-state index contributed by atoms with van der Waals surface area (Å²) in [6, 6.07) is 2.20. The van der Waals surface area contributed by atoms with Crippen molar-refractivity contribution in [3.8, 4) is 0 Å². The van der Waals surface area contributed by atoms with Crippen LogP contribution in [0.3, 0.4) is 0 Å². The maximum atomic E-state index is 4.30. The molecule has 1 aliphatic heterocycles. The van der Waals surface area contributed by atoms with E-state index in [0.29, 0.717) is 0 Å². The van der Waals surface area contributed by atoms with E-state index < -0.39 is 0 Å². The summed E-state index contributed by atoms with van der Waals surface area (Å²) in [6.07, 6.45) is 1.92. The molecule has 0 aliphatic carbocycles. The van der Waals surface area contributed by atoms with Gasteiger partial charge in [0.1, 0.15) is 0 Å². The van der Waals surface area contributed by atoms with Crippen molar-refractivity contribution < 1.29 is 0 Å². The highest BCUT2D eigenvalue weighted by Gasteiger charge is 2.09. The minimum Gasteiger partial charge on any atom is -0.307 e. The van der Waals surface area contributed by atoms with Crippen LogP contribution in [0.5, 0.6) is 0 Å². The summed E-state index contributed by atoms with van der Waals surface area (Å²) in [5.41, 5.74) is 3.83. The molecule has 1 aromatic rings. The summed E-state index contributed by atoms with van der Waals surface area (Å²) in [4.78, 5) is 4.30. The molecule has 0 aromatic carbocycles. The number of aromatic nitrogens is 1. The molecule has 0 fully saturated rings. The third-order valence-electron chi connectivity index (χ3n) is 1.80. The Bertz CT molecular complexity index is 255. The first-order valence-electron chi connectivity index (χ1n) is 3.51. The van der Waals surface area contributed by atoms with Gasteiger partial charge in [-0.15, -0.1) is 0 Å². The lowest BCUT2D eigenvalue weighted by molar-refractivity contribution is 0.757. The molecule has 2 heterocycles. The fourth-order valence-electron chi connectivity index (χ4n) is 1.29. The number of aryl methyl sites for hydroxylation is 1. The first kappa shape index (κ1) is 5.86. The molecule has 0 saturated heterocycles. The van der Waals surface area contributed by atoms with E-state index >= 15 is 0 Å². The molecule has 0 spiro atoms. The highest BCUT2D eigenvalue weighted by Crippen LogP contribution is 2.12. The van der Waals surface area contributed by atoms with Gasteiger partial charge in [0.25, 0.3) is 0 Å². The van der Waals surface area contributed by atoms with Crippen molar-refractivity contribution in [3.05, 3.63) is 29.1 Å². The minimum absolute atomic E-state index is 0.940. The Morgan fingerprint density at radius 2 is 2.40 bits per heavy atom. The summed E-state index contributed by atoms with van der Waals surface area (Å²) < 4.78 is 0. The van der Waals surface area contributed by atoms with E-state index in [4.69, 9.17) is 0 Å². The highest BCUT2D eigenvalue weighted by molar-refractivity contribution is 5.27. The van der Waals surface area contributed by atoms with Crippen molar-refractivity contribution >= 4 is 0 Å². The van der Waals surface area contributed by atoms with E-state index in [2.05, 4.69) is 23.3 Å². The van der Waals surface area contributed by atoms with Gasteiger partial charge < -0.3 is 5.32 Å². The van der Waals surface area contributed by atoms with Crippen molar-refractivity contribution in [2.75, 3.05) is 0 Å². The number of hydrogen-bond acceptors (Lipinski definition) is 2. The monoisotopic (exact) mass is 134 g/mol. The SMILES string of the molecule is Cc1cnc2c(c1)CNC2. The zero-order chi connectivity index (χ0) is 6.97. The van der Waals surface area contributed by atoms with Crippen LogP contribution in [0.15, 0.2) is 12.3 Å². The van der Waals surface area contributed by atoms with E-state index in [9.17, 15) is 0 Å². The lowest BCUT2D eigenvalue weighted by atomic mass is 10.2. The molecule has 1 aromatic heterocycles. The predicted octanol–water partition coefficient (Wildman–Crippen LogP) is 0.993. The summed E-state index contributed by atoms with van der Waals surface area (Å²) in [5, 5.41) is 3.25. The van der Waals surface area contributed by atoms with Crippen LogP contribution in [0.2, 0.25) is 0 Å². The second-order valence-electron chi connectivity index (χ2n) is 2.72. The van der Waals surface area contributed by atoms with Gasteiger partial charge in [-0.1, -0.05) is 6.07 Å². The van der Waals surface area contributed by atoms with Crippen molar-refractivity contribution in [2.24, 2.45) is 0 Å². The van der Waals surface area contributed by atoms with Crippen molar-refractivity contribution in [3.63, 3.8) is 0 Å². The summed E-state index contributed by atoms with van der Waals surface area (Å²) in [6.45, 7) is 4.01. The fraction of sp³-hybridized carbons (Fsp3) is 0.375. The summed E-state index contributed by atoms with van der Waals surface area (Å²) >= 11 is 0. The van der Waals surface area contributed by atoms with Crippen LogP contribution in [0.4, 0.5) is 0 Å². The zero-order valence-corrected chi connectivity index (χ0v) is 6.02. The molecule has 0 saturated carbocycles. The number of fused-ring (bicyclic) bond motifs is 1. The molecule has 0 unspecified atom stereocenters. The van der Waals surface area contributed by atoms with E-state index in [-0.39, 0.29) is 0 Å². The molecule has 2 heteroatoms. The normalized spacial score (nSPS) is 15.3. The van der Waals surface area contributed by atoms with Crippen LogP contribution in [0.1, 0.15) is 16.8 Å². The largest absolute Gasteiger partial charge is 0.307 e. The number of rotatable bonds is 0. The molecular weight excluding hydrogens is 124 g/mol. The third-order valence-corrected chi connectivity index (χ3v) is 1.80. The van der Waals surface area contributed by atoms with Crippen molar-refractivity contribution in [2.45, 2.75) is 20.0 Å². The quantitative estimate of drug-likeness (QED) is 0.572. The topological polar surface area (TPSA) is 24.9 Å². The van der Waals surface area contributed by atoms with Crippen LogP contribution in [-0.4, -0.2) is 4.98 Å². The van der Waals surface area contributed by atoms with E-state index in [1.165, 1.54) is 16.8 Å². The Labute approximate surface area is 60.3 Å². The molecule has 1 aliphatic rings. The van der Waals surface area contributed by atoms with Gasteiger partial charge in [0.15, 0.2) is 0 Å². The highest BCUT2D eigenvalue weighted by atomic mass is 14.9. The van der Waals surface area contributed by atoms with Crippen molar-refractivity contribution in [1.82, 2.24) is 10.3 Å². The third kappa shape index (κ3) is 0.809.